The van der Waals surface area contributed by atoms with Gasteiger partial charge in [-0.2, -0.15) is 0 Å². The quantitative estimate of drug-likeness (QED) is 0.679. The highest BCUT2D eigenvalue weighted by atomic mass is 16.2. The second-order valence-electron chi connectivity index (χ2n) is 9.43. The van der Waals surface area contributed by atoms with E-state index in [1.54, 1.807) is 0 Å². The van der Waals surface area contributed by atoms with E-state index in [9.17, 15) is 9.59 Å². The van der Waals surface area contributed by atoms with Crippen LogP contribution in [0, 0.1) is 18.3 Å². The van der Waals surface area contributed by atoms with Crippen molar-refractivity contribution in [1.82, 2.24) is 14.3 Å². The zero-order valence-corrected chi connectivity index (χ0v) is 18.7. The van der Waals surface area contributed by atoms with Crippen molar-refractivity contribution in [3.05, 3.63) is 54.4 Å². The summed E-state index contributed by atoms with van der Waals surface area (Å²) in [6, 6.07) is 11.9. The van der Waals surface area contributed by atoms with Crippen molar-refractivity contribution < 1.29 is 9.59 Å². The molecule has 1 aliphatic rings. The van der Waals surface area contributed by atoms with E-state index in [1.807, 2.05) is 85.8 Å². The number of likely N-dealkylation sites (tertiary alicyclic amines) is 1. The molecule has 2 aromatic heterocycles. The number of anilines is 1. The van der Waals surface area contributed by atoms with Gasteiger partial charge in [0.15, 0.2) is 0 Å². The molecule has 0 spiro atoms. The molecule has 1 fully saturated rings. The number of carbonyl (C=O) groups excluding carboxylic acids is 2. The number of nitrogens with one attached hydrogen (secondary N) is 1. The average Bonchev–Trinajstić information content (AvgIpc) is 3.19. The first kappa shape index (κ1) is 21.1. The summed E-state index contributed by atoms with van der Waals surface area (Å²) in [6.07, 6.45) is 5.41. The van der Waals surface area contributed by atoms with Gasteiger partial charge in [0.25, 0.3) is 0 Å². The molecule has 0 saturated carbocycles. The second kappa shape index (κ2) is 8.17. The Hall–Kier alpha value is -3.15. The van der Waals surface area contributed by atoms with Crippen LogP contribution in [-0.4, -0.2) is 39.2 Å². The fraction of sp³-hybridized carbons (Fsp3) is 0.400. The van der Waals surface area contributed by atoms with Crippen LogP contribution in [0.5, 0.6) is 0 Å². The molecule has 0 bridgehead atoms. The van der Waals surface area contributed by atoms with Crippen LogP contribution in [0.3, 0.4) is 0 Å². The first-order chi connectivity index (χ1) is 14.7. The van der Waals surface area contributed by atoms with Gasteiger partial charge in [-0.1, -0.05) is 39.0 Å². The minimum atomic E-state index is -0.379. The number of aryl methyl sites for hydroxylation is 1. The molecule has 1 aliphatic heterocycles. The van der Waals surface area contributed by atoms with E-state index in [1.165, 1.54) is 0 Å². The Morgan fingerprint density at radius 3 is 2.35 bits per heavy atom. The van der Waals surface area contributed by atoms with Gasteiger partial charge in [-0.05, 0) is 43.5 Å². The number of hydrogen-bond donors (Lipinski definition) is 1. The molecular weight excluding hydrogens is 388 g/mol. The Labute approximate surface area is 183 Å². The predicted molar refractivity (Wildman–Crippen MR) is 123 cm³/mol. The molecular formula is C25H30N4O2. The van der Waals surface area contributed by atoms with Crippen molar-refractivity contribution >= 4 is 23.1 Å². The Balaban J connectivity index is 1.37. The van der Waals surface area contributed by atoms with Crippen molar-refractivity contribution in [2.75, 3.05) is 18.4 Å². The van der Waals surface area contributed by atoms with E-state index in [-0.39, 0.29) is 23.1 Å². The van der Waals surface area contributed by atoms with Crippen LogP contribution in [0.4, 0.5) is 5.69 Å². The summed E-state index contributed by atoms with van der Waals surface area (Å²) in [6.45, 7) is 9.14. The molecule has 1 saturated heterocycles. The molecule has 6 nitrogen and oxygen atoms in total. The topological polar surface area (TPSA) is 66.7 Å². The number of aromatic nitrogens is 2. The molecule has 0 radical (unpaired) electrons. The van der Waals surface area contributed by atoms with E-state index in [0.29, 0.717) is 25.9 Å². The number of carbonyl (C=O) groups is 2. The summed E-state index contributed by atoms with van der Waals surface area (Å²) in [5.74, 6) is 0.119. The number of benzene rings is 1. The highest BCUT2D eigenvalue weighted by Crippen LogP contribution is 2.26. The molecule has 162 valence electrons. The van der Waals surface area contributed by atoms with Crippen LogP contribution in [0.15, 0.2) is 48.8 Å². The van der Waals surface area contributed by atoms with Crippen LogP contribution >= 0.6 is 0 Å². The average molecular weight is 419 g/mol. The summed E-state index contributed by atoms with van der Waals surface area (Å²) in [5, 5.41) is 3.03. The molecule has 4 rings (SSSR count). The SMILES string of the molecule is Cc1cccn2cc(-c3ccc(NC(=O)C4CCN(C(=O)C(C)(C)C)CC4)cc3)nc12. The first-order valence-electron chi connectivity index (χ1n) is 10.9. The molecule has 0 atom stereocenters. The smallest absolute Gasteiger partial charge is 0.227 e. The fourth-order valence-corrected chi connectivity index (χ4v) is 4.08. The first-order valence-corrected chi connectivity index (χ1v) is 10.9. The number of imidazole rings is 1. The maximum atomic E-state index is 12.7. The van der Waals surface area contributed by atoms with E-state index in [0.717, 1.165) is 28.2 Å². The summed E-state index contributed by atoms with van der Waals surface area (Å²) >= 11 is 0. The molecule has 31 heavy (non-hydrogen) atoms. The van der Waals surface area contributed by atoms with Crippen molar-refractivity contribution in [1.29, 1.82) is 0 Å². The molecule has 1 N–H and O–H groups in total. The van der Waals surface area contributed by atoms with Gasteiger partial charge in [0.05, 0.1) is 5.69 Å². The largest absolute Gasteiger partial charge is 0.342 e. The van der Waals surface area contributed by atoms with Gasteiger partial charge >= 0.3 is 0 Å². The highest BCUT2D eigenvalue weighted by molar-refractivity contribution is 5.93. The molecule has 0 aliphatic carbocycles. The third-order valence-corrected chi connectivity index (χ3v) is 5.92. The number of amides is 2. The van der Waals surface area contributed by atoms with Crippen molar-refractivity contribution in [2.24, 2.45) is 11.3 Å². The maximum absolute atomic E-state index is 12.7. The van der Waals surface area contributed by atoms with E-state index >= 15 is 0 Å². The molecule has 0 unspecified atom stereocenters. The maximum Gasteiger partial charge on any atom is 0.227 e. The van der Waals surface area contributed by atoms with Gasteiger partial charge in [-0.15, -0.1) is 0 Å². The standard InChI is InChI=1S/C25H30N4O2/c1-17-6-5-13-29-16-21(27-22(17)29)18-7-9-20(10-8-18)26-23(30)19-11-14-28(15-12-19)24(31)25(2,3)4/h5-10,13,16,19H,11-12,14-15H2,1-4H3,(H,26,30). The van der Waals surface area contributed by atoms with Gasteiger partial charge in [0.1, 0.15) is 5.65 Å². The van der Waals surface area contributed by atoms with Crippen LogP contribution in [0.2, 0.25) is 0 Å². The zero-order chi connectivity index (χ0) is 22.2. The molecule has 3 aromatic rings. The Kier molecular flexibility index (Phi) is 5.56. The Morgan fingerprint density at radius 1 is 1.06 bits per heavy atom. The summed E-state index contributed by atoms with van der Waals surface area (Å²) in [5.41, 5.74) is 4.40. The Morgan fingerprint density at radius 2 is 1.74 bits per heavy atom. The lowest BCUT2D eigenvalue weighted by Crippen LogP contribution is -2.45. The number of pyridine rings is 1. The molecule has 3 heterocycles. The monoisotopic (exact) mass is 418 g/mol. The van der Waals surface area contributed by atoms with Gasteiger partial charge < -0.3 is 14.6 Å². The van der Waals surface area contributed by atoms with Crippen molar-refractivity contribution in [3.63, 3.8) is 0 Å². The van der Waals surface area contributed by atoms with E-state index < -0.39 is 0 Å². The summed E-state index contributed by atoms with van der Waals surface area (Å²) < 4.78 is 2.02. The van der Waals surface area contributed by atoms with E-state index in [2.05, 4.69) is 5.32 Å². The van der Waals surface area contributed by atoms with Crippen LogP contribution < -0.4 is 5.32 Å². The van der Waals surface area contributed by atoms with Crippen molar-refractivity contribution in [3.8, 4) is 11.3 Å². The van der Waals surface area contributed by atoms with Gasteiger partial charge in [-0.25, -0.2) is 4.98 Å². The third-order valence-electron chi connectivity index (χ3n) is 5.92. The minimum Gasteiger partial charge on any atom is -0.342 e. The minimum absolute atomic E-state index is 0.0268. The number of hydrogen-bond acceptors (Lipinski definition) is 3. The lowest BCUT2D eigenvalue weighted by atomic mass is 9.90. The van der Waals surface area contributed by atoms with Crippen molar-refractivity contribution in [2.45, 2.75) is 40.5 Å². The summed E-state index contributed by atoms with van der Waals surface area (Å²) in [7, 11) is 0. The molecule has 2 amide bonds. The normalized spacial score (nSPS) is 15.3. The number of fused-ring (bicyclic) bond motifs is 1. The number of rotatable bonds is 3. The lowest BCUT2D eigenvalue weighted by molar-refractivity contribution is -0.142. The molecule has 1 aromatic carbocycles. The highest BCUT2D eigenvalue weighted by Gasteiger charge is 2.32. The Bertz CT molecular complexity index is 1100. The van der Waals surface area contributed by atoms with Crippen LogP contribution in [-0.2, 0) is 9.59 Å². The van der Waals surface area contributed by atoms with Gasteiger partial charge in [-0.3, -0.25) is 9.59 Å². The van der Waals surface area contributed by atoms with Gasteiger partial charge in [0, 0.05) is 48.1 Å². The summed E-state index contributed by atoms with van der Waals surface area (Å²) in [4.78, 5) is 31.8. The van der Waals surface area contributed by atoms with E-state index in [4.69, 9.17) is 4.98 Å². The molecule has 6 heteroatoms. The lowest BCUT2D eigenvalue weighted by Gasteiger charge is -2.35. The number of nitrogens with zero attached hydrogens (tertiary/aromatic N) is 3. The predicted octanol–water partition coefficient (Wildman–Crippen LogP) is 4.53. The fourth-order valence-electron chi connectivity index (χ4n) is 4.08. The van der Waals surface area contributed by atoms with Gasteiger partial charge in [0.2, 0.25) is 11.8 Å². The van der Waals surface area contributed by atoms with Crippen LogP contribution in [0.1, 0.15) is 39.2 Å². The zero-order valence-electron chi connectivity index (χ0n) is 18.7. The number of piperidine rings is 1. The third kappa shape index (κ3) is 4.48. The van der Waals surface area contributed by atoms with Crippen LogP contribution in [0.25, 0.3) is 16.9 Å². The second-order valence-corrected chi connectivity index (χ2v) is 9.43.